The van der Waals surface area contributed by atoms with Crippen LogP contribution in [0.5, 0.6) is 0 Å². The van der Waals surface area contributed by atoms with Gasteiger partial charge in [0.05, 0.1) is 6.61 Å². The Labute approximate surface area is 100 Å². The first-order chi connectivity index (χ1) is 8.15. The van der Waals surface area contributed by atoms with Crippen molar-refractivity contribution in [3.63, 3.8) is 0 Å². The zero-order valence-electron chi connectivity index (χ0n) is 10.1. The van der Waals surface area contributed by atoms with E-state index in [1.165, 1.54) is 12.0 Å². The van der Waals surface area contributed by atoms with Crippen LogP contribution in [0.15, 0.2) is 0 Å². The van der Waals surface area contributed by atoms with Crippen LogP contribution >= 0.6 is 0 Å². The number of amides is 1. The van der Waals surface area contributed by atoms with E-state index in [1.54, 1.807) is 0 Å². The number of ether oxygens (including phenoxy) is 2. The molecule has 1 heterocycles. The lowest BCUT2D eigenvalue weighted by atomic mass is 10.1. The summed E-state index contributed by atoms with van der Waals surface area (Å²) in [6.45, 7) is 0.872. The first kappa shape index (κ1) is 13.9. The molecule has 0 unspecified atom stereocenters. The zero-order chi connectivity index (χ0) is 12.7. The van der Waals surface area contributed by atoms with Crippen molar-refractivity contribution in [2.24, 2.45) is 0 Å². The summed E-state index contributed by atoms with van der Waals surface area (Å²) in [5.74, 6) is -1.27. The van der Waals surface area contributed by atoms with Crippen LogP contribution in [-0.4, -0.2) is 61.4 Å². The molecule has 0 saturated carbocycles. The van der Waals surface area contributed by atoms with Crippen molar-refractivity contribution in [2.45, 2.75) is 25.4 Å². The smallest absolute Gasteiger partial charge is 0.323 e. The predicted octanol–water partition coefficient (Wildman–Crippen LogP) is 0.115. The quantitative estimate of drug-likeness (QED) is 0.719. The molecule has 6 nitrogen and oxygen atoms in total. The number of carboxylic acids is 1. The highest BCUT2D eigenvalue weighted by Gasteiger charge is 2.27. The third-order valence-electron chi connectivity index (χ3n) is 2.66. The summed E-state index contributed by atoms with van der Waals surface area (Å²) in [5.41, 5.74) is 0. The number of carboxylic acid groups (broad SMARTS) is 1. The van der Waals surface area contributed by atoms with Crippen LogP contribution in [0.3, 0.4) is 0 Å². The average Bonchev–Trinajstić information content (AvgIpc) is 2.34. The fourth-order valence-electron chi connectivity index (χ4n) is 1.77. The molecule has 0 spiro atoms. The van der Waals surface area contributed by atoms with Crippen molar-refractivity contribution in [3.05, 3.63) is 0 Å². The number of aliphatic carboxylic acids is 1. The molecule has 1 rings (SSSR count). The minimum atomic E-state index is -1.02. The molecular weight excluding hydrogens is 226 g/mol. The van der Waals surface area contributed by atoms with Crippen molar-refractivity contribution >= 4 is 11.9 Å². The van der Waals surface area contributed by atoms with Gasteiger partial charge in [0.25, 0.3) is 5.91 Å². The summed E-state index contributed by atoms with van der Waals surface area (Å²) in [6, 6.07) is 0. The highest BCUT2D eigenvalue weighted by Crippen LogP contribution is 2.15. The number of rotatable bonds is 6. The highest BCUT2D eigenvalue weighted by molar-refractivity contribution is 5.84. The molecule has 0 aromatic heterocycles. The molecule has 98 valence electrons. The van der Waals surface area contributed by atoms with Crippen molar-refractivity contribution in [2.75, 3.05) is 33.4 Å². The second-order valence-electron chi connectivity index (χ2n) is 4.00. The molecule has 1 atom stereocenters. The summed E-state index contributed by atoms with van der Waals surface area (Å²) in [5, 5.41) is 8.75. The Morgan fingerprint density at radius 2 is 2.24 bits per heavy atom. The number of hydrogen-bond acceptors (Lipinski definition) is 4. The monoisotopic (exact) mass is 245 g/mol. The topological polar surface area (TPSA) is 76.1 Å². The van der Waals surface area contributed by atoms with Crippen LogP contribution < -0.4 is 0 Å². The fourth-order valence-corrected chi connectivity index (χ4v) is 1.77. The Morgan fingerprint density at radius 1 is 1.47 bits per heavy atom. The maximum atomic E-state index is 12.0. The lowest BCUT2D eigenvalue weighted by Gasteiger charge is -2.28. The number of methoxy groups -OCH3 is 1. The van der Waals surface area contributed by atoms with E-state index < -0.39 is 12.1 Å². The van der Waals surface area contributed by atoms with Gasteiger partial charge in [0.2, 0.25) is 0 Å². The van der Waals surface area contributed by atoms with Crippen LogP contribution in [0.2, 0.25) is 0 Å². The minimum Gasteiger partial charge on any atom is -0.480 e. The van der Waals surface area contributed by atoms with Crippen molar-refractivity contribution in [1.29, 1.82) is 0 Å². The molecule has 1 aliphatic heterocycles. The van der Waals surface area contributed by atoms with Crippen LogP contribution in [0.25, 0.3) is 0 Å². The second-order valence-corrected chi connectivity index (χ2v) is 4.00. The van der Waals surface area contributed by atoms with Gasteiger partial charge in [-0.25, -0.2) is 0 Å². The Bertz CT molecular complexity index is 263. The first-order valence-corrected chi connectivity index (χ1v) is 5.76. The van der Waals surface area contributed by atoms with E-state index in [2.05, 4.69) is 0 Å². The Kier molecular flexibility index (Phi) is 5.93. The van der Waals surface area contributed by atoms with Gasteiger partial charge in [-0.2, -0.15) is 0 Å². The summed E-state index contributed by atoms with van der Waals surface area (Å²) >= 11 is 0. The molecule has 0 bridgehead atoms. The van der Waals surface area contributed by atoms with Gasteiger partial charge in [-0.1, -0.05) is 0 Å². The summed E-state index contributed by atoms with van der Waals surface area (Å²) < 4.78 is 10.2. The summed E-state index contributed by atoms with van der Waals surface area (Å²) in [4.78, 5) is 24.0. The highest BCUT2D eigenvalue weighted by atomic mass is 16.5. The van der Waals surface area contributed by atoms with Gasteiger partial charge in [0.15, 0.2) is 0 Å². The second kappa shape index (κ2) is 7.24. The van der Waals surface area contributed by atoms with E-state index in [1.807, 2.05) is 0 Å². The summed E-state index contributed by atoms with van der Waals surface area (Å²) in [7, 11) is 1.51. The Hall–Kier alpha value is -1.14. The van der Waals surface area contributed by atoms with Crippen LogP contribution in [0, 0.1) is 0 Å². The Morgan fingerprint density at radius 3 is 2.76 bits per heavy atom. The SMILES string of the molecule is COCCN(CC(=O)O)C(=O)[C@@H]1CCCCO1. The van der Waals surface area contributed by atoms with Gasteiger partial charge < -0.3 is 19.5 Å². The van der Waals surface area contributed by atoms with Gasteiger partial charge in [0, 0.05) is 20.3 Å². The molecule has 1 aliphatic rings. The van der Waals surface area contributed by atoms with Crippen molar-refractivity contribution < 1.29 is 24.2 Å². The van der Waals surface area contributed by atoms with E-state index in [4.69, 9.17) is 14.6 Å². The summed E-state index contributed by atoms with van der Waals surface area (Å²) in [6.07, 6.45) is 2.09. The van der Waals surface area contributed by atoms with Crippen LogP contribution in [0.1, 0.15) is 19.3 Å². The molecule has 1 fully saturated rings. The molecule has 0 aromatic carbocycles. The van der Waals surface area contributed by atoms with E-state index in [9.17, 15) is 9.59 Å². The molecule has 0 radical (unpaired) electrons. The van der Waals surface area contributed by atoms with Crippen LogP contribution in [0.4, 0.5) is 0 Å². The largest absolute Gasteiger partial charge is 0.480 e. The van der Waals surface area contributed by atoms with Gasteiger partial charge in [-0.3, -0.25) is 9.59 Å². The standard InChI is InChI=1S/C11H19NO5/c1-16-7-5-12(8-10(13)14)11(15)9-4-2-3-6-17-9/h9H,2-8H2,1H3,(H,13,14)/t9-/m0/s1. The van der Waals surface area contributed by atoms with Gasteiger partial charge >= 0.3 is 5.97 Å². The lowest BCUT2D eigenvalue weighted by Crippen LogP contribution is -2.45. The normalized spacial score (nSPS) is 19.9. The molecule has 1 N–H and O–H groups in total. The number of nitrogens with zero attached hydrogens (tertiary/aromatic N) is 1. The van der Waals surface area contributed by atoms with Crippen molar-refractivity contribution in [1.82, 2.24) is 4.90 Å². The van der Waals surface area contributed by atoms with Gasteiger partial charge in [-0.15, -0.1) is 0 Å². The van der Waals surface area contributed by atoms with Crippen LogP contribution in [-0.2, 0) is 19.1 Å². The molecule has 17 heavy (non-hydrogen) atoms. The average molecular weight is 245 g/mol. The third-order valence-corrected chi connectivity index (χ3v) is 2.66. The van der Waals surface area contributed by atoms with E-state index in [0.717, 1.165) is 12.8 Å². The third kappa shape index (κ3) is 4.70. The lowest BCUT2D eigenvalue weighted by molar-refractivity contribution is -0.153. The number of carbonyl (C=O) groups excluding carboxylic acids is 1. The number of carbonyl (C=O) groups is 2. The molecule has 1 amide bonds. The minimum absolute atomic E-state index is 0.246. The maximum Gasteiger partial charge on any atom is 0.323 e. The van der Waals surface area contributed by atoms with E-state index in [0.29, 0.717) is 19.6 Å². The molecule has 6 heteroatoms. The first-order valence-electron chi connectivity index (χ1n) is 5.76. The fraction of sp³-hybridized carbons (Fsp3) is 0.818. The Balaban J connectivity index is 2.53. The van der Waals surface area contributed by atoms with E-state index in [-0.39, 0.29) is 19.0 Å². The molecule has 0 aliphatic carbocycles. The maximum absolute atomic E-state index is 12.0. The van der Waals surface area contributed by atoms with E-state index >= 15 is 0 Å². The van der Waals surface area contributed by atoms with Crippen molar-refractivity contribution in [3.8, 4) is 0 Å². The molecular formula is C11H19NO5. The predicted molar refractivity (Wildman–Crippen MR) is 59.7 cm³/mol. The molecule has 0 aromatic rings. The molecule has 1 saturated heterocycles. The number of hydrogen-bond donors (Lipinski definition) is 1. The zero-order valence-corrected chi connectivity index (χ0v) is 10.1. The van der Waals surface area contributed by atoms with Gasteiger partial charge in [0.1, 0.15) is 12.6 Å². The van der Waals surface area contributed by atoms with Gasteiger partial charge in [-0.05, 0) is 19.3 Å².